The molecule has 1 heterocycles. The molecule has 0 aromatic carbocycles. The SMILES string of the molecule is Cc1ncccc1OCC(C)C. The Balaban J connectivity index is 2.57. The molecule has 0 aliphatic heterocycles. The summed E-state index contributed by atoms with van der Waals surface area (Å²) >= 11 is 0. The molecule has 0 unspecified atom stereocenters. The quantitative estimate of drug-likeness (QED) is 0.686. The Labute approximate surface area is 73.6 Å². The zero-order chi connectivity index (χ0) is 8.97. The van der Waals surface area contributed by atoms with E-state index in [-0.39, 0.29) is 0 Å². The molecule has 0 aliphatic carbocycles. The largest absolute Gasteiger partial charge is 0.491 e. The topological polar surface area (TPSA) is 22.1 Å². The Hall–Kier alpha value is -1.05. The van der Waals surface area contributed by atoms with Crippen LogP contribution in [0.1, 0.15) is 19.5 Å². The number of hydrogen-bond donors (Lipinski definition) is 0. The molecule has 66 valence electrons. The summed E-state index contributed by atoms with van der Waals surface area (Å²) in [6.07, 6.45) is 1.78. The van der Waals surface area contributed by atoms with Crippen LogP contribution in [-0.2, 0) is 0 Å². The molecule has 0 saturated carbocycles. The Morgan fingerprint density at radius 2 is 2.25 bits per heavy atom. The maximum atomic E-state index is 5.54. The van der Waals surface area contributed by atoms with Gasteiger partial charge in [-0.15, -0.1) is 0 Å². The highest BCUT2D eigenvalue weighted by Crippen LogP contribution is 2.14. The zero-order valence-electron chi connectivity index (χ0n) is 7.87. The van der Waals surface area contributed by atoms with Crippen LogP contribution in [-0.4, -0.2) is 11.6 Å². The fourth-order valence-corrected chi connectivity index (χ4v) is 0.878. The van der Waals surface area contributed by atoms with Gasteiger partial charge in [-0.1, -0.05) is 13.8 Å². The Kier molecular flexibility index (Phi) is 3.09. The van der Waals surface area contributed by atoms with E-state index in [9.17, 15) is 0 Å². The average Bonchev–Trinajstić information content (AvgIpc) is 2.03. The standard InChI is InChI=1S/C10H15NO/c1-8(2)7-12-10-5-4-6-11-9(10)3/h4-6,8H,7H2,1-3H3. The third kappa shape index (κ3) is 2.53. The van der Waals surface area contributed by atoms with Gasteiger partial charge < -0.3 is 4.74 Å². The molecule has 12 heavy (non-hydrogen) atoms. The summed E-state index contributed by atoms with van der Waals surface area (Å²) in [4.78, 5) is 4.13. The number of hydrogen-bond acceptors (Lipinski definition) is 2. The fourth-order valence-electron chi connectivity index (χ4n) is 0.878. The van der Waals surface area contributed by atoms with Gasteiger partial charge in [-0.2, -0.15) is 0 Å². The molecule has 2 nitrogen and oxygen atoms in total. The molecule has 0 saturated heterocycles. The number of aryl methyl sites for hydroxylation is 1. The van der Waals surface area contributed by atoms with E-state index < -0.39 is 0 Å². The van der Waals surface area contributed by atoms with Crippen LogP contribution in [0.5, 0.6) is 5.75 Å². The first-order valence-corrected chi connectivity index (χ1v) is 4.24. The van der Waals surface area contributed by atoms with Crippen molar-refractivity contribution in [1.82, 2.24) is 4.98 Å². The third-order valence-electron chi connectivity index (χ3n) is 1.53. The molecular formula is C10H15NO. The molecule has 0 aliphatic rings. The van der Waals surface area contributed by atoms with E-state index >= 15 is 0 Å². The van der Waals surface area contributed by atoms with Crippen LogP contribution in [0.2, 0.25) is 0 Å². The van der Waals surface area contributed by atoms with Crippen LogP contribution in [0.3, 0.4) is 0 Å². The van der Waals surface area contributed by atoms with Crippen LogP contribution in [0.15, 0.2) is 18.3 Å². The van der Waals surface area contributed by atoms with Crippen molar-refractivity contribution in [2.45, 2.75) is 20.8 Å². The summed E-state index contributed by atoms with van der Waals surface area (Å²) < 4.78 is 5.54. The van der Waals surface area contributed by atoms with Crippen molar-refractivity contribution in [2.75, 3.05) is 6.61 Å². The lowest BCUT2D eigenvalue weighted by Crippen LogP contribution is -2.05. The molecule has 1 rings (SSSR count). The molecule has 1 aromatic rings. The van der Waals surface area contributed by atoms with Gasteiger partial charge in [-0.25, -0.2) is 0 Å². The molecule has 0 bridgehead atoms. The van der Waals surface area contributed by atoms with Gasteiger partial charge in [0, 0.05) is 6.20 Å². The second-order valence-electron chi connectivity index (χ2n) is 3.29. The third-order valence-corrected chi connectivity index (χ3v) is 1.53. The lowest BCUT2D eigenvalue weighted by atomic mass is 10.2. The highest BCUT2D eigenvalue weighted by atomic mass is 16.5. The molecule has 2 heteroatoms. The average molecular weight is 165 g/mol. The van der Waals surface area contributed by atoms with Crippen molar-refractivity contribution >= 4 is 0 Å². The van der Waals surface area contributed by atoms with E-state index in [0.717, 1.165) is 18.1 Å². The number of aromatic nitrogens is 1. The van der Waals surface area contributed by atoms with Crippen molar-refractivity contribution in [1.29, 1.82) is 0 Å². The second kappa shape index (κ2) is 4.10. The van der Waals surface area contributed by atoms with Gasteiger partial charge in [0.1, 0.15) is 5.75 Å². The first kappa shape index (κ1) is 9.04. The van der Waals surface area contributed by atoms with E-state index in [1.807, 2.05) is 19.1 Å². The lowest BCUT2D eigenvalue weighted by molar-refractivity contribution is 0.268. The smallest absolute Gasteiger partial charge is 0.140 e. The minimum atomic E-state index is 0.560. The van der Waals surface area contributed by atoms with Crippen molar-refractivity contribution in [3.05, 3.63) is 24.0 Å². The molecule has 0 amide bonds. The van der Waals surface area contributed by atoms with Gasteiger partial charge in [0.25, 0.3) is 0 Å². The summed E-state index contributed by atoms with van der Waals surface area (Å²) in [6, 6.07) is 3.84. The van der Waals surface area contributed by atoms with E-state index in [4.69, 9.17) is 4.74 Å². The lowest BCUT2D eigenvalue weighted by Gasteiger charge is -2.09. The highest BCUT2D eigenvalue weighted by Gasteiger charge is 1.99. The molecular weight excluding hydrogens is 150 g/mol. The first-order chi connectivity index (χ1) is 5.70. The Morgan fingerprint density at radius 1 is 1.50 bits per heavy atom. The Morgan fingerprint density at radius 3 is 2.83 bits per heavy atom. The first-order valence-electron chi connectivity index (χ1n) is 4.24. The minimum absolute atomic E-state index is 0.560. The van der Waals surface area contributed by atoms with Crippen molar-refractivity contribution in [2.24, 2.45) is 5.92 Å². The van der Waals surface area contributed by atoms with Gasteiger partial charge in [0.05, 0.1) is 12.3 Å². The van der Waals surface area contributed by atoms with Crippen LogP contribution >= 0.6 is 0 Å². The normalized spacial score (nSPS) is 10.3. The van der Waals surface area contributed by atoms with E-state index in [2.05, 4.69) is 18.8 Å². The highest BCUT2D eigenvalue weighted by molar-refractivity contribution is 5.25. The number of rotatable bonds is 3. The van der Waals surface area contributed by atoms with Crippen molar-refractivity contribution in [3.8, 4) is 5.75 Å². The van der Waals surface area contributed by atoms with Crippen LogP contribution in [0.4, 0.5) is 0 Å². The summed E-state index contributed by atoms with van der Waals surface area (Å²) in [6.45, 7) is 6.97. The second-order valence-corrected chi connectivity index (χ2v) is 3.29. The van der Waals surface area contributed by atoms with Crippen LogP contribution in [0, 0.1) is 12.8 Å². The van der Waals surface area contributed by atoms with Gasteiger partial charge in [0.15, 0.2) is 0 Å². The monoisotopic (exact) mass is 165 g/mol. The molecule has 0 radical (unpaired) electrons. The van der Waals surface area contributed by atoms with Gasteiger partial charge >= 0.3 is 0 Å². The van der Waals surface area contributed by atoms with Crippen LogP contribution < -0.4 is 4.74 Å². The van der Waals surface area contributed by atoms with Gasteiger partial charge in [0.2, 0.25) is 0 Å². The van der Waals surface area contributed by atoms with Crippen molar-refractivity contribution in [3.63, 3.8) is 0 Å². The number of nitrogens with zero attached hydrogens (tertiary/aromatic N) is 1. The minimum Gasteiger partial charge on any atom is -0.491 e. The predicted molar refractivity (Wildman–Crippen MR) is 49.3 cm³/mol. The van der Waals surface area contributed by atoms with E-state index in [0.29, 0.717) is 5.92 Å². The maximum Gasteiger partial charge on any atom is 0.140 e. The zero-order valence-corrected chi connectivity index (χ0v) is 7.87. The Bertz CT molecular complexity index is 245. The van der Waals surface area contributed by atoms with E-state index in [1.165, 1.54) is 0 Å². The number of pyridine rings is 1. The van der Waals surface area contributed by atoms with Crippen molar-refractivity contribution < 1.29 is 4.74 Å². The van der Waals surface area contributed by atoms with Gasteiger partial charge in [-0.05, 0) is 25.0 Å². The summed E-state index contributed by atoms with van der Waals surface area (Å²) in [5.41, 5.74) is 0.957. The number of ether oxygens (including phenoxy) is 1. The summed E-state index contributed by atoms with van der Waals surface area (Å²) in [7, 11) is 0. The predicted octanol–water partition coefficient (Wildman–Crippen LogP) is 2.42. The van der Waals surface area contributed by atoms with Gasteiger partial charge in [-0.3, -0.25) is 4.98 Å². The van der Waals surface area contributed by atoms with Crippen LogP contribution in [0.25, 0.3) is 0 Å². The molecule has 0 atom stereocenters. The fraction of sp³-hybridized carbons (Fsp3) is 0.500. The molecule has 1 aromatic heterocycles. The summed E-state index contributed by atoms with van der Waals surface area (Å²) in [5, 5.41) is 0. The molecule has 0 fully saturated rings. The summed E-state index contributed by atoms with van der Waals surface area (Å²) in [5.74, 6) is 1.45. The maximum absolute atomic E-state index is 5.54. The van der Waals surface area contributed by atoms with E-state index in [1.54, 1.807) is 6.20 Å². The molecule has 0 spiro atoms. The molecule has 0 N–H and O–H groups in total.